The number of hydrogen-bond acceptors (Lipinski definition) is 5. The Balaban J connectivity index is 1.65. The lowest BCUT2D eigenvalue weighted by Gasteiger charge is -2.17. The van der Waals surface area contributed by atoms with Crippen molar-refractivity contribution >= 4 is 12.1 Å². The van der Waals surface area contributed by atoms with Crippen molar-refractivity contribution in [3.63, 3.8) is 0 Å². The van der Waals surface area contributed by atoms with Crippen LogP contribution in [-0.4, -0.2) is 37.9 Å². The van der Waals surface area contributed by atoms with Crippen molar-refractivity contribution in [1.29, 1.82) is 0 Å². The molecule has 1 atom stereocenters. The van der Waals surface area contributed by atoms with Crippen molar-refractivity contribution in [2.24, 2.45) is 5.73 Å². The van der Waals surface area contributed by atoms with Gasteiger partial charge >= 0.3 is 12.1 Å². The molecule has 0 fully saturated rings. The molecule has 2 aromatic rings. The third-order valence-electron chi connectivity index (χ3n) is 4.50. The van der Waals surface area contributed by atoms with Crippen molar-refractivity contribution in [2.75, 3.05) is 19.8 Å². The molecule has 0 aliphatic heterocycles. The standard InChI is InChI=1S/C21H22N2O4/c1-2-11-26-20(24)19(12-22)23-21(25)27-13-18-16-9-5-3-7-14(16)15-8-4-6-10-17(15)18/h2-10,18-19H,1,11-13,22H2,(H,23,25)/t19-/m0/s1. The van der Waals surface area contributed by atoms with Gasteiger partial charge in [0.2, 0.25) is 0 Å². The Labute approximate surface area is 158 Å². The van der Waals surface area contributed by atoms with Gasteiger partial charge in [0.05, 0.1) is 0 Å². The molecule has 2 aromatic carbocycles. The molecule has 6 heteroatoms. The van der Waals surface area contributed by atoms with E-state index in [2.05, 4.69) is 24.0 Å². The number of carbonyl (C=O) groups is 2. The number of ether oxygens (including phenoxy) is 2. The molecule has 0 saturated heterocycles. The van der Waals surface area contributed by atoms with Crippen molar-refractivity contribution < 1.29 is 19.1 Å². The molecule has 0 spiro atoms. The first-order valence-corrected chi connectivity index (χ1v) is 8.74. The van der Waals surface area contributed by atoms with E-state index in [1.165, 1.54) is 6.08 Å². The average Bonchev–Trinajstić information content (AvgIpc) is 3.02. The minimum absolute atomic E-state index is 0.0489. The number of carbonyl (C=O) groups excluding carboxylic acids is 2. The van der Waals surface area contributed by atoms with Crippen LogP contribution in [0.1, 0.15) is 17.0 Å². The molecule has 3 rings (SSSR count). The monoisotopic (exact) mass is 366 g/mol. The SMILES string of the molecule is C=CCOC(=O)[C@H](CN)NC(=O)OCC1c2ccccc2-c2ccccc21. The quantitative estimate of drug-likeness (QED) is 0.581. The number of fused-ring (bicyclic) bond motifs is 3. The van der Waals surface area contributed by atoms with Gasteiger partial charge in [-0.2, -0.15) is 0 Å². The molecule has 1 aliphatic rings. The highest BCUT2D eigenvalue weighted by atomic mass is 16.6. The Hall–Kier alpha value is -3.12. The molecule has 0 unspecified atom stereocenters. The van der Waals surface area contributed by atoms with Gasteiger partial charge in [-0.1, -0.05) is 61.2 Å². The van der Waals surface area contributed by atoms with Crippen LogP contribution in [0.4, 0.5) is 4.79 Å². The average molecular weight is 366 g/mol. The minimum Gasteiger partial charge on any atom is -0.460 e. The summed E-state index contributed by atoms with van der Waals surface area (Å²) in [7, 11) is 0. The van der Waals surface area contributed by atoms with Crippen LogP contribution < -0.4 is 11.1 Å². The summed E-state index contributed by atoms with van der Waals surface area (Å²) in [6.45, 7) is 3.61. The van der Waals surface area contributed by atoms with E-state index in [0.717, 1.165) is 22.3 Å². The molecule has 0 saturated carbocycles. The van der Waals surface area contributed by atoms with Crippen LogP contribution in [-0.2, 0) is 14.3 Å². The zero-order valence-corrected chi connectivity index (χ0v) is 14.9. The van der Waals surface area contributed by atoms with Crippen LogP contribution in [0.5, 0.6) is 0 Å². The van der Waals surface area contributed by atoms with E-state index in [9.17, 15) is 9.59 Å². The summed E-state index contributed by atoms with van der Waals surface area (Å²) >= 11 is 0. The summed E-state index contributed by atoms with van der Waals surface area (Å²) in [5, 5.41) is 2.45. The highest BCUT2D eigenvalue weighted by Gasteiger charge is 2.29. The Bertz CT molecular complexity index is 804. The van der Waals surface area contributed by atoms with Gasteiger partial charge in [-0.3, -0.25) is 0 Å². The van der Waals surface area contributed by atoms with Crippen LogP contribution in [0.25, 0.3) is 11.1 Å². The highest BCUT2D eigenvalue weighted by Crippen LogP contribution is 2.44. The summed E-state index contributed by atoms with van der Waals surface area (Å²) in [6, 6.07) is 15.2. The van der Waals surface area contributed by atoms with E-state index in [0.29, 0.717) is 0 Å². The summed E-state index contributed by atoms with van der Waals surface area (Å²) in [5.41, 5.74) is 10.1. The summed E-state index contributed by atoms with van der Waals surface area (Å²) in [4.78, 5) is 24.0. The summed E-state index contributed by atoms with van der Waals surface area (Å²) in [6.07, 6.45) is 0.738. The van der Waals surface area contributed by atoms with E-state index in [-0.39, 0.29) is 25.7 Å². The topological polar surface area (TPSA) is 90.6 Å². The molecule has 0 heterocycles. The maximum atomic E-state index is 12.2. The first-order chi connectivity index (χ1) is 13.2. The lowest BCUT2D eigenvalue weighted by atomic mass is 9.98. The smallest absolute Gasteiger partial charge is 0.407 e. The lowest BCUT2D eigenvalue weighted by Crippen LogP contribution is -2.47. The van der Waals surface area contributed by atoms with Crippen molar-refractivity contribution in [1.82, 2.24) is 5.32 Å². The number of rotatable bonds is 7. The van der Waals surface area contributed by atoms with Crippen LogP contribution in [0.3, 0.4) is 0 Å². The second-order valence-corrected chi connectivity index (χ2v) is 6.18. The van der Waals surface area contributed by atoms with Gasteiger partial charge in [0.1, 0.15) is 19.3 Å². The number of esters is 1. The molecule has 6 nitrogen and oxygen atoms in total. The second kappa shape index (κ2) is 8.51. The fraction of sp³-hybridized carbons (Fsp3) is 0.238. The van der Waals surface area contributed by atoms with Gasteiger partial charge < -0.3 is 20.5 Å². The number of nitrogens with one attached hydrogen (secondary N) is 1. The Morgan fingerprint density at radius 3 is 2.22 bits per heavy atom. The van der Waals surface area contributed by atoms with E-state index < -0.39 is 18.1 Å². The van der Waals surface area contributed by atoms with Crippen LogP contribution in [0.2, 0.25) is 0 Å². The minimum atomic E-state index is -0.958. The molecule has 140 valence electrons. The number of hydrogen-bond donors (Lipinski definition) is 2. The molecule has 0 radical (unpaired) electrons. The van der Waals surface area contributed by atoms with E-state index in [4.69, 9.17) is 15.2 Å². The van der Waals surface area contributed by atoms with Crippen LogP contribution in [0, 0.1) is 0 Å². The van der Waals surface area contributed by atoms with E-state index in [1.54, 1.807) is 0 Å². The van der Waals surface area contributed by atoms with Crippen LogP contribution in [0.15, 0.2) is 61.2 Å². The number of nitrogens with two attached hydrogens (primary N) is 1. The fourth-order valence-corrected chi connectivity index (χ4v) is 3.24. The molecule has 0 bridgehead atoms. The molecule has 1 amide bonds. The normalized spacial score (nSPS) is 13.2. The maximum Gasteiger partial charge on any atom is 0.407 e. The summed E-state index contributed by atoms with van der Waals surface area (Å²) < 4.78 is 10.3. The van der Waals surface area contributed by atoms with Gasteiger partial charge in [0.15, 0.2) is 0 Å². The predicted octanol–water partition coefficient (Wildman–Crippen LogP) is 2.58. The zero-order valence-electron chi connectivity index (χ0n) is 14.9. The Kier molecular flexibility index (Phi) is 5.88. The van der Waals surface area contributed by atoms with Crippen molar-refractivity contribution in [3.8, 4) is 11.1 Å². The Morgan fingerprint density at radius 1 is 1.07 bits per heavy atom. The first kappa shape index (κ1) is 18.7. The molecular weight excluding hydrogens is 344 g/mol. The Morgan fingerprint density at radius 2 is 1.67 bits per heavy atom. The largest absolute Gasteiger partial charge is 0.460 e. The number of amides is 1. The lowest BCUT2D eigenvalue weighted by molar-refractivity contribution is -0.144. The van der Waals surface area contributed by atoms with Gasteiger partial charge in [0.25, 0.3) is 0 Å². The molecule has 0 aromatic heterocycles. The molecular formula is C21H22N2O4. The zero-order chi connectivity index (χ0) is 19.2. The molecule has 27 heavy (non-hydrogen) atoms. The number of benzene rings is 2. The number of alkyl carbamates (subject to hydrolysis) is 1. The van der Waals surface area contributed by atoms with E-state index >= 15 is 0 Å². The molecule has 1 aliphatic carbocycles. The summed E-state index contributed by atoms with van der Waals surface area (Å²) in [5.74, 6) is -0.668. The van der Waals surface area contributed by atoms with Gasteiger partial charge in [-0.25, -0.2) is 9.59 Å². The third kappa shape index (κ3) is 4.01. The van der Waals surface area contributed by atoms with Crippen molar-refractivity contribution in [3.05, 3.63) is 72.3 Å². The predicted molar refractivity (Wildman–Crippen MR) is 102 cm³/mol. The first-order valence-electron chi connectivity index (χ1n) is 8.74. The maximum absolute atomic E-state index is 12.2. The van der Waals surface area contributed by atoms with Gasteiger partial charge in [0, 0.05) is 12.5 Å². The highest BCUT2D eigenvalue weighted by molar-refractivity contribution is 5.82. The van der Waals surface area contributed by atoms with Crippen molar-refractivity contribution in [2.45, 2.75) is 12.0 Å². The molecule has 3 N–H and O–H groups in total. The van der Waals surface area contributed by atoms with E-state index in [1.807, 2.05) is 36.4 Å². The third-order valence-corrected chi connectivity index (χ3v) is 4.50. The van der Waals surface area contributed by atoms with Gasteiger partial charge in [-0.05, 0) is 22.3 Å². The van der Waals surface area contributed by atoms with Gasteiger partial charge in [-0.15, -0.1) is 0 Å². The fourth-order valence-electron chi connectivity index (χ4n) is 3.24. The van der Waals surface area contributed by atoms with Crippen LogP contribution >= 0.6 is 0 Å². The second-order valence-electron chi connectivity index (χ2n) is 6.18.